The molecule has 8 heteroatoms. The highest BCUT2D eigenvalue weighted by Gasteiger charge is 2.19. The molecule has 0 heterocycles. The fourth-order valence-corrected chi connectivity index (χ4v) is 4.00. The fraction of sp³-hybridized carbons (Fsp3) is 0.391. The van der Waals surface area contributed by atoms with Crippen LogP contribution >= 0.6 is 0 Å². The second kappa shape index (κ2) is 11.6. The van der Waals surface area contributed by atoms with Crippen LogP contribution in [-0.2, 0) is 35.5 Å². The quantitative estimate of drug-likeness (QED) is 0.417. The third kappa shape index (κ3) is 7.48. The largest absolute Gasteiger partial charge is 0.428 e. The van der Waals surface area contributed by atoms with E-state index in [2.05, 4.69) is 9.46 Å². The molecule has 2 aromatic rings. The molecule has 0 saturated heterocycles. The molecule has 0 aliphatic rings. The zero-order valence-corrected chi connectivity index (χ0v) is 18.9. The summed E-state index contributed by atoms with van der Waals surface area (Å²) in [5, 5.41) is 0. The minimum absolute atomic E-state index is 0.205. The number of carbonyl (C=O) groups excluding carboxylic acids is 2. The van der Waals surface area contributed by atoms with E-state index in [0.29, 0.717) is 19.3 Å². The number of hydrogen-bond donors (Lipinski definition) is 1. The summed E-state index contributed by atoms with van der Waals surface area (Å²) in [5.41, 5.74) is 2.73. The van der Waals surface area contributed by atoms with E-state index < -0.39 is 16.0 Å². The Kier molecular flexibility index (Phi) is 9.21. The van der Waals surface area contributed by atoms with Crippen molar-refractivity contribution in [3.63, 3.8) is 0 Å². The van der Waals surface area contributed by atoms with Crippen LogP contribution in [0.4, 0.5) is 0 Å². The third-order valence-electron chi connectivity index (χ3n) is 4.89. The van der Waals surface area contributed by atoms with Gasteiger partial charge in [-0.1, -0.05) is 49.7 Å². The highest BCUT2D eigenvalue weighted by molar-refractivity contribution is 7.89. The van der Waals surface area contributed by atoms with Gasteiger partial charge >= 0.3 is 11.9 Å². The predicted octanol–water partition coefficient (Wildman–Crippen LogP) is 3.67. The smallest absolute Gasteiger partial charge is 0.311 e. The summed E-state index contributed by atoms with van der Waals surface area (Å²) in [7, 11) is -2.14. The molecule has 0 aromatic heterocycles. The molecular formula is C23H29NO6S. The second-order valence-electron chi connectivity index (χ2n) is 7.18. The number of nitrogens with one attached hydrogen (secondary N) is 1. The highest BCUT2D eigenvalue weighted by Crippen LogP contribution is 2.25. The molecule has 31 heavy (non-hydrogen) atoms. The minimum atomic E-state index is -3.52. The number of sulfonamides is 1. The Morgan fingerprint density at radius 2 is 1.68 bits per heavy atom. The van der Waals surface area contributed by atoms with Gasteiger partial charge in [0.2, 0.25) is 16.8 Å². The lowest BCUT2D eigenvalue weighted by Crippen LogP contribution is -2.20. The first-order valence-corrected chi connectivity index (χ1v) is 11.7. The van der Waals surface area contributed by atoms with Crippen molar-refractivity contribution in [2.75, 3.05) is 13.8 Å². The van der Waals surface area contributed by atoms with Crippen molar-refractivity contribution in [2.45, 2.75) is 44.4 Å². The van der Waals surface area contributed by atoms with E-state index in [9.17, 15) is 18.0 Å². The maximum Gasteiger partial charge on any atom is 0.311 e. The van der Waals surface area contributed by atoms with Crippen molar-refractivity contribution in [3.05, 3.63) is 54.1 Å². The Balaban J connectivity index is 2.10. The Labute approximate surface area is 183 Å². The van der Waals surface area contributed by atoms with Gasteiger partial charge in [0.15, 0.2) is 0 Å². The molecule has 0 radical (unpaired) electrons. The van der Waals surface area contributed by atoms with Crippen LogP contribution in [0, 0.1) is 5.92 Å². The lowest BCUT2D eigenvalue weighted by atomic mass is 9.94. The van der Waals surface area contributed by atoms with Gasteiger partial charge in [0, 0.05) is 6.92 Å². The molecule has 168 valence electrons. The molecule has 0 amide bonds. The third-order valence-corrected chi connectivity index (χ3v) is 6.30. The molecule has 0 fully saturated rings. The molecule has 0 spiro atoms. The summed E-state index contributed by atoms with van der Waals surface area (Å²) in [4.78, 5) is 23.3. The van der Waals surface area contributed by atoms with Crippen molar-refractivity contribution in [3.8, 4) is 11.1 Å². The van der Waals surface area contributed by atoms with Crippen LogP contribution < -0.4 is 4.72 Å². The molecule has 1 atom stereocenters. The van der Waals surface area contributed by atoms with E-state index in [1.807, 2.05) is 37.3 Å². The molecule has 1 unspecified atom stereocenters. The molecule has 0 saturated carbocycles. The SMILES string of the molecule is CCCC(CCc1cccc(-c2cccc(S(=O)(=O)NC)c2)c1)C(=O)OCOC(C)=O. The minimum Gasteiger partial charge on any atom is -0.428 e. The van der Waals surface area contributed by atoms with E-state index in [0.717, 1.165) is 23.1 Å². The lowest BCUT2D eigenvalue weighted by molar-refractivity contribution is -0.169. The average Bonchev–Trinajstić information content (AvgIpc) is 2.76. The van der Waals surface area contributed by atoms with Gasteiger partial charge in [-0.25, -0.2) is 13.1 Å². The number of ether oxygens (including phenoxy) is 2. The van der Waals surface area contributed by atoms with Crippen LogP contribution in [0.1, 0.15) is 38.7 Å². The topological polar surface area (TPSA) is 98.8 Å². The van der Waals surface area contributed by atoms with Gasteiger partial charge in [-0.15, -0.1) is 0 Å². The fourth-order valence-electron chi connectivity index (χ4n) is 3.22. The summed E-state index contributed by atoms with van der Waals surface area (Å²) < 4.78 is 36.2. The number of carbonyl (C=O) groups is 2. The van der Waals surface area contributed by atoms with E-state index in [4.69, 9.17) is 4.74 Å². The summed E-state index contributed by atoms with van der Waals surface area (Å²) in [6.07, 6.45) is 2.78. The first kappa shape index (κ1) is 24.6. The summed E-state index contributed by atoms with van der Waals surface area (Å²) in [5.74, 6) is -1.15. The van der Waals surface area contributed by atoms with Crippen LogP contribution in [0.3, 0.4) is 0 Å². The van der Waals surface area contributed by atoms with Crippen LogP contribution in [0.25, 0.3) is 11.1 Å². The van der Waals surface area contributed by atoms with Gasteiger partial charge in [-0.2, -0.15) is 0 Å². The standard InChI is InChI=1S/C23H29NO6S/c1-4-7-19(23(26)30-16-29-17(2)25)13-12-18-8-5-9-20(14-18)21-10-6-11-22(15-21)31(27,28)24-3/h5-6,8-11,14-15,19,24H,4,7,12-13,16H2,1-3H3. The monoisotopic (exact) mass is 447 g/mol. The van der Waals surface area contributed by atoms with Crippen LogP contribution in [0.15, 0.2) is 53.4 Å². The number of esters is 2. The lowest BCUT2D eigenvalue weighted by Gasteiger charge is -2.15. The molecule has 2 aromatic carbocycles. The molecule has 2 rings (SSSR count). The van der Waals surface area contributed by atoms with Crippen molar-refractivity contribution < 1.29 is 27.5 Å². The van der Waals surface area contributed by atoms with E-state index in [-0.39, 0.29) is 23.6 Å². The Morgan fingerprint density at radius 1 is 1.00 bits per heavy atom. The van der Waals surface area contributed by atoms with Crippen LogP contribution in [0.5, 0.6) is 0 Å². The second-order valence-corrected chi connectivity index (χ2v) is 9.06. The van der Waals surface area contributed by atoms with Gasteiger partial charge < -0.3 is 9.47 Å². The summed E-state index contributed by atoms with van der Waals surface area (Å²) >= 11 is 0. The average molecular weight is 448 g/mol. The van der Waals surface area contributed by atoms with Crippen molar-refractivity contribution >= 4 is 22.0 Å². The number of benzene rings is 2. The van der Waals surface area contributed by atoms with E-state index in [1.54, 1.807) is 18.2 Å². The first-order chi connectivity index (χ1) is 14.8. The Bertz CT molecular complexity index is 1000. The van der Waals surface area contributed by atoms with Gasteiger partial charge in [0.05, 0.1) is 10.8 Å². The van der Waals surface area contributed by atoms with E-state index in [1.165, 1.54) is 14.0 Å². The predicted molar refractivity (Wildman–Crippen MR) is 118 cm³/mol. The Hall–Kier alpha value is -2.71. The molecule has 0 aliphatic heterocycles. The van der Waals surface area contributed by atoms with Gasteiger partial charge in [-0.3, -0.25) is 9.59 Å². The van der Waals surface area contributed by atoms with Crippen molar-refractivity contribution in [2.24, 2.45) is 5.92 Å². The number of rotatable bonds is 11. The molecule has 0 aliphatic carbocycles. The molecule has 0 bridgehead atoms. The van der Waals surface area contributed by atoms with Crippen LogP contribution in [-0.4, -0.2) is 34.2 Å². The zero-order valence-electron chi connectivity index (χ0n) is 18.1. The maximum atomic E-state index is 12.3. The van der Waals surface area contributed by atoms with Crippen molar-refractivity contribution in [1.82, 2.24) is 4.72 Å². The van der Waals surface area contributed by atoms with Gasteiger partial charge in [0.1, 0.15) is 0 Å². The van der Waals surface area contributed by atoms with E-state index >= 15 is 0 Å². The molecule has 1 N–H and O–H groups in total. The first-order valence-electron chi connectivity index (χ1n) is 10.2. The zero-order chi connectivity index (χ0) is 22.9. The Morgan fingerprint density at radius 3 is 2.32 bits per heavy atom. The number of hydrogen-bond acceptors (Lipinski definition) is 6. The van der Waals surface area contributed by atoms with Gasteiger partial charge in [0.25, 0.3) is 0 Å². The summed E-state index contributed by atoms with van der Waals surface area (Å²) in [6.45, 7) is 2.89. The molecule has 7 nitrogen and oxygen atoms in total. The van der Waals surface area contributed by atoms with Crippen LogP contribution in [0.2, 0.25) is 0 Å². The number of aryl methyl sites for hydroxylation is 1. The van der Waals surface area contributed by atoms with Crippen molar-refractivity contribution in [1.29, 1.82) is 0 Å². The highest BCUT2D eigenvalue weighted by atomic mass is 32.2. The summed E-state index contributed by atoms with van der Waals surface area (Å²) in [6, 6.07) is 14.6. The maximum absolute atomic E-state index is 12.3. The van der Waals surface area contributed by atoms with Gasteiger partial charge in [-0.05, 0) is 55.1 Å². The molecular weight excluding hydrogens is 418 g/mol. The normalized spacial score (nSPS) is 12.2.